The lowest BCUT2D eigenvalue weighted by Crippen LogP contribution is -2.32. The van der Waals surface area contributed by atoms with Gasteiger partial charge in [-0.15, -0.1) is 0 Å². The minimum absolute atomic E-state index is 0.140. The second kappa shape index (κ2) is 7.97. The molecule has 0 saturated heterocycles. The van der Waals surface area contributed by atoms with E-state index >= 15 is 0 Å². The number of methoxy groups -OCH3 is 1. The van der Waals surface area contributed by atoms with Crippen LogP contribution in [0.3, 0.4) is 0 Å². The number of carbonyl (C=O) groups is 1. The van der Waals surface area contributed by atoms with Gasteiger partial charge in [0.25, 0.3) is 5.91 Å². The molecule has 1 aromatic carbocycles. The zero-order valence-corrected chi connectivity index (χ0v) is 13.8. The summed E-state index contributed by atoms with van der Waals surface area (Å²) in [4.78, 5) is 17.2. The van der Waals surface area contributed by atoms with Crippen LogP contribution in [0, 0.1) is 11.7 Å². The zero-order valence-electron chi connectivity index (χ0n) is 13.8. The molecule has 1 atom stereocenters. The number of aliphatic imine (C=N–C) groups is 1. The van der Waals surface area contributed by atoms with E-state index in [1.54, 1.807) is 19.2 Å². The summed E-state index contributed by atoms with van der Waals surface area (Å²) in [5.74, 6) is -0.914. The standard InChI is InChI=1S/C17H22FN3O2/c1-4-5-15-16(12(2)19-10-11-23-3)17(22)21(20-15)14-8-6-13(18)7-9-14/h6-9,16H,4-5,10-11H2,1-3H3/t16-/m0/s1. The van der Waals surface area contributed by atoms with Crippen molar-refractivity contribution in [1.82, 2.24) is 0 Å². The molecule has 0 fully saturated rings. The van der Waals surface area contributed by atoms with E-state index in [1.807, 2.05) is 13.8 Å². The van der Waals surface area contributed by atoms with E-state index in [4.69, 9.17) is 4.74 Å². The molecular weight excluding hydrogens is 297 g/mol. The van der Waals surface area contributed by atoms with Crippen molar-refractivity contribution in [2.24, 2.45) is 16.0 Å². The number of amides is 1. The Balaban J connectivity index is 2.26. The molecule has 124 valence electrons. The Bertz CT molecular complexity index is 611. The van der Waals surface area contributed by atoms with Crippen LogP contribution in [-0.2, 0) is 9.53 Å². The number of carbonyl (C=O) groups excluding carboxylic acids is 1. The maximum Gasteiger partial charge on any atom is 0.261 e. The third kappa shape index (κ3) is 4.01. The zero-order chi connectivity index (χ0) is 16.8. The first-order valence-corrected chi connectivity index (χ1v) is 7.75. The summed E-state index contributed by atoms with van der Waals surface area (Å²) < 4.78 is 18.1. The van der Waals surface area contributed by atoms with Gasteiger partial charge in [-0.1, -0.05) is 13.3 Å². The summed E-state index contributed by atoms with van der Waals surface area (Å²) in [6.07, 6.45) is 1.62. The Morgan fingerprint density at radius 3 is 2.70 bits per heavy atom. The third-order valence-electron chi connectivity index (χ3n) is 3.67. The second-order valence-corrected chi connectivity index (χ2v) is 5.42. The van der Waals surface area contributed by atoms with Crippen LogP contribution < -0.4 is 5.01 Å². The first-order valence-electron chi connectivity index (χ1n) is 7.75. The molecule has 1 aliphatic rings. The van der Waals surface area contributed by atoms with Crippen molar-refractivity contribution in [1.29, 1.82) is 0 Å². The summed E-state index contributed by atoms with van der Waals surface area (Å²) in [7, 11) is 1.62. The fourth-order valence-corrected chi connectivity index (χ4v) is 2.54. The first kappa shape index (κ1) is 17.3. The predicted octanol–water partition coefficient (Wildman–Crippen LogP) is 3.05. The van der Waals surface area contributed by atoms with Crippen molar-refractivity contribution in [3.63, 3.8) is 0 Å². The highest BCUT2D eigenvalue weighted by Gasteiger charge is 2.37. The number of hydrazone groups is 1. The van der Waals surface area contributed by atoms with Crippen molar-refractivity contribution >= 4 is 23.0 Å². The van der Waals surface area contributed by atoms with Gasteiger partial charge < -0.3 is 4.74 Å². The maximum atomic E-state index is 13.1. The van der Waals surface area contributed by atoms with E-state index in [0.29, 0.717) is 18.8 Å². The molecule has 0 bridgehead atoms. The lowest BCUT2D eigenvalue weighted by Gasteiger charge is -2.14. The second-order valence-electron chi connectivity index (χ2n) is 5.42. The fourth-order valence-electron chi connectivity index (χ4n) is 2.54. The SMILES string of the molecule is CCCC1=NN(c2ccc(F)cc2)C(=O)[C@H]1C(C)=NCCOC. The molecule has 23 heavy (non-hydrogen) atoms. The van der Waals surface area contributed by atoms with Gasteiger partial charge in [-0.3, -0.25) is 9.79 Å². The van der Waals surface area contributed by atoms with Gasteiger partial charge in [0.05, 0.1) is 24.6 Å². The Hall–Kier alpha value is -2.08. The summed E-state index contributed by atoms with van der Waals surface area (Å²) >= 11 is 0. The van der Waals surface area contributed by atoms with Crippen LogP contribution in [0.4, 0.5) is 10.1 Å². The van der Waals surface area contributed by atoms with E-state index in [-0.39, 0.29) is 11.7 Å². The largest absolute Gasteiger partial charge is 0.383 e. The monoisotopic (exact) mass is 319 g/mol. The number of anilines is 1. The Morgan fingerprint density at radius 2 is 2.09 bits per heavy atom. The molecule has 1 amide bonds. The molecule has 0 N–H and O–H groups in total. The van der Waals surface area contributed by atoms with Gasteiger partial charge >= 0.3 is 0 Å². The average Bonchev–Trinajstić information content (AvgIpc) is 2.85. The van der Waals surface area contributed by atoms with Gasteiger partial charge in [0.2, 0.25) is 0 Å². The highest BCUT2D eigenvalue weighted by Crippen LogP contribution is 2.26. The number of rotatable bonds is 7. The molecule has 5 nitrogen and oxygen atoms in total. The van der Waals surface area contributed by atoms with Crippen LogP contribution in [-0.4, -0.2) is 37.6 Å². The third-order valence-corrected chi connectivity index (χ3v) is 3.67. The minimum atomic E-state index is -0.433. The highest BCUT2D eigenvalue weighted by atomic mass is 19.1. The molecule has 0 unspecified atom stereocenters. The van der Waals surface area contributed by atoms with Crippen LogP contribution in [0.5, 0.6) is 0 Å². The lowest BCUT2D eigenvalue weighted by atomic mass is 9.95. The lowest BCUT2D eigenvalue weighted by molar-refractivity contribution is -0.118. The minimum Gasteiger partial charge on any atom is -0.383 e. The van der Waals surface area contributed by atoms with Crippen LogP contribution in [0.15, 0.2) is 34.4 Å². The highest BCUT2D eigenvalue weighted by molar-refractivity contribution is 6.28. The number of hydrogen-bond acceptors (Lipinski definition) is 4. The molecule has 0 aliphatic carbocycles. The Morgan fingerprint density at radius 1 is 1.39 bits per heavy atom. The molecule has 6 heteroatoms. The van der Waals surface area contributed by atoms with Crippen molar-refractivity contribution in [3.8, 4) is 0 Å². The maximum absolute atomic E-state index is 13.1. The summed E-state index contributed by atoms with van der Waals surface area (Å²) in [5.41, 5.74) is 2.11. The number of ether oxygens (including phenoxy) is 1. The Labute approximate surface area is 135 Å². The van der Waals surface area contributed by atoms with Gasteiger partial charge in [0.1, 0.15) is 11.7 Å². The van der Waals surface area contributed by atoms with Crippen LogP contribution >= 0.6 is 0 Å². The molecule has 1 heterocycles. The summed E-state index contributed by atoms with van der Waals surface area (Å²) in [6.45, 7) is 4.92. The van der Waals surface area contributed by atoms with E-state index in [2.05, 4.69) is 10.1 Å². The van der Waals surface area contributed by atoms with Gasteiger partial charge in [0, 0.05) is 12.8 Å². The normalized spacial score (nSPS) is 18.5. The molecule has 0 aromatic heterocycles. The average molecular weight is 319 g/mol. The van der Waals surface area contributed by atoms with Gasteiger partial charge in [0.15, 0.2) is 0 Å². The number of hydrogen-bond donors (Lipinski definition) is 0. The van der Waals surface area contributed by atoms with Crippen LogP contribution in [0.25, 0.3) is 0 Å². The summed E-state index contributed by atoms with van der Waals surface area (Å²) in [5, 5.41) is 5.81. The predicted molar refractivity (Wildman–Crippen MR) is 89.6 cm³/mol. The first-order chi connectivity index (χ1) is 11.1. The van der Waals surface area contributed by atoms with E-state index in [0.717, 1.165) is 24.3 Å². The number of nitrogens with zero attached hydrogens (tertiary/aromatic N) is 3. The molecular formula is C17H22FN3O2. The van der Waals surface area contributed by atoms with Crippen molar-refractivity contribution in [2.75, 3.05) is 25.3 Å². The van der Waals surface area contributed by atoms with E-state index in [9.17, 15) is 9.18 Å². The molecule has 1 aliphatic heterocycles. The fraction of sp³-hybridized carbons (Fsp3) is 0.471. The topological polar surface area (TPSA) is 54.3 Å². The van der Waals surface area contributed by atoms with Crippen molar-refractivity contribution in [3.05, 3.63) is 30.1 Å². The number of halogens is 1. The van der Waals surface area contributed by atoms with E-state index < -0.39 is 5.92 Å². The van der Waals surface area contributed by atoms with E-state index in [1.165, 1.54) is 17.1 Å². The van der Waals surface area contributed by atoms with Crippen molar-refractivity contribution in [2.45, 2.75) is 26.7 Å². The van der Waals surface area contributed by atoms with Crippen LogP contribution in [0.1, 0.15) is 26.7 Å². The van der Waals surface area contributed by atoms with Gasteiger partial charge in [-0.2, -0.15) is 10.1 Å². The van der Waals surface area contributed by atoms with Crippen molar-refractivity contribution < 1.29 is 13.9 Å². The molecule has 0 saturated carbocycles. The molecule has 1 aromatic rings. The molecule has 0 radical (unpaired) electrons. The van der Waals surface area contributed by atoms with Crippen LogP contribution in [0.2, 0.25) is 0 Å². The smallest absolute Gasteiger partial charge is 0.261 e. The Kier molecular flexibility index (Phi) is 5.98. The number of benzene rings is 1. The van der Waals surface area contributed by atoms with Gasteiger partial charge in [-0.05, 0) is 37.6 Å². The molecule has 0 spiro atoms. The van der Waals surface area contributed by atoms with Gasteiger partial charge in [-0.25, -0.2) is 4.39 Å². The summed E-state index contributed by atoms with van der Waals surface area (Å²) in [6, 6.07) is 5.76. The molecule has 2 rings (SSSR count). The quantitative estimate of drug-likeness (QED) is 0.573.